The van der Waals surface area contributed by atoms with Gasteiger partial charge in [0.25, 0.3) is 0 Å². The molecule has 4 aliphatic carbocycles. The first kappa shape index (κ1) is 16.5. The van der Waals surface area contributed by atoms with Crippen molar-refractivity contribution < 1.29 is 14.3 Å². The summed E-state index contributed by atoms with van der Waals surface area (Å²) >= 11 is 0. The van der Waals surface area contributed by atoms with Crippen LogP contribution in [0.15, 0.2) is 23.3 Å². The fraction of sp³-hybridized carbons (Fsp3) is 0.762. The van der Waals surface area contributed by atoms with Crippen molar-refractivity contribution in [1.29, 1.82) is 0 Å². The highest BCUT2D eigenvalue weighted by molar-refractivity contribution is 6.02. The van der Waals surface area contributed by atoms with Crippen molar-refractivity contribution in [3.63, 3.8) is 0 Å². The van der Waals surface area contributed by atoms with Gasteiger partial charge >= 0.3 is 0 Å². The predicted octanol–water partition coefficient (Wildman–Crippen LogP) is 4.43. The molecule has 3 unspecified atom stereocenters. The molecular weight excluding hydrogens is 300 g/mol. The zero-order chi connectivity index (χ0) is 17.1. The van der Waals surface area contributed by atoms with Gasteiger partial charge in [-0.3, -0.25) is 4.79 Å². The van der Waals surface area contributed by atoms with E-state index in [0.717, 1.165) is 44.1 Å². The van der Waals surface area contributed by atoms with Gasteiger partial charge in [0.1, 0.15) is 0 Å². The number of rotatable bonds is 2. The lowest BCUT2D eigenvalue weighted by Gasteiger charge is -2.51. The number of hydrogen-bond acceptors (Lipinski definition) is 3. The van der Waals surface area contributed by atoms with Gasteiger partial charge in [-0.1, -0.05) is 24.6 Å². The van der Waals surface area contributed by atoms with Gasteiger partial charge in [0.15, 0.2) is 11.6 Å². The lowest BCUT2D eigenvalue weighted by molar-refractivity contribution is -0.213. The molecule has 0 spiro atoms. The summed E-state index contributed by atoms with van der Waals surface area (Å²) in [6, 6.07) is 0. The Labute approximate surface area is 145 Å². The van der Waals surface area contributed by atoms with E-state index in [1.54, 1.807) is 25.4 Å². The SMILES string of the molecule is C=C1CC2C3CCC4=C(CCC(OC)(OC)C4)C3CC[C@]2(C)C1=O. The van der Waals surface area contributed by atoms with Crippen molar-refractivity contribution in [2.75, 3.05) is 14.2 Å². The summed E-state index contributed by atoms with van der Waals surface area (Å²) in [5.41, 5.74) is 4.01. The Balaban J connectivity index is 1.63. The molecule has 0 saturated heterocycles. The van der Waals surface area contributed by atoms with Crippen LogP contribution in [0.4, 0.5) is 0 Å². The van der Waals surface area contributed by atoms with E-state index < -0.39 is 5.79 Å². The minimum absolute atomic E-state index is 0.131. The minimum atomic E-state index is -0.410. The molecule has 3 nitrogen and oxygen atoms in total. The highest BCUT2D eigenvalue weighted by Crippen LogP contribution is 2.61. The molecule has 4 aliphatic rings. The number of methoxy groups -OCH3 is 2. The number of allylic oxidation sites excluding steroid dienone is 2. The Morgan fingerprint density at radius 3 is 2.58 bits per heavy atom. The quantitative estimate of drug-likeness (QED) is 0.427. The van der Waals surface area contributed by atoms with Crippen molar-refractivity contribution in [2.45, 2.75) is 64.1 Å². The van der Waals surface area contributed by atoms with Gasteiger partial charge in [0.05, 0.1) is 0 Å². The molecule has 132 valence electrons. The molecule has 2 fully saturated rings. The molecule has 0 amide bonds. The van der Waals surface area contributed by atoms with Gasteiger partial charge in [0, 0.05) is 32.5 Å². The van der Waals surface area contributed by atoms with E-state index in [2.05, 4.69) is 13.5 Å². The third kappa shape index (κ3) is 2.13. The monoisotopic (exact) mass is 330 g/mol. The summed E-state index contributed by atoms with van der Waals surface area (Å²) in [6.45, 7) is 6.28. The molecule has 0 aromatic rings. The molecule has 0 bridgehead atoms. The third-order valence-corrected chi connectivity index (χ3v) is 7.82. The van der Waals surface area contributed by atoms with Crippen molar-refractivity contribution in [3.05, 3.63) is 23.3 Å². The van der Waals surface area contributed by atoms with Crippen LogP contribution < -0.4 is 0 Å². The summed E-state index contributed by atoms with van der Waals surface area (Å²) in [5.74, 6) is 1.81. The van der Waals surface area contributed by atoms with Crippen molar-refractivity contribution >= 4 is 5.78 Å². The van der Waals surface area contributed by atoms with E-state index in [1.165, 1.54) is 12.8 Å². The number of fused-ring (bicyclic) bond motifs is 4. The second-order valence-corrected chi connectivity index (χ2v) is 8.63. The number of hydrogen-bond donors (Lipinski definition) is 0. The molecule has 24 heavy (non-hydrogen) atoms. The molecule has 3 heteroatoms. The van der Waals surface area contributed by atoms with Crippen molar-refractivity contribution in [1.82, 2.24) is 0 Å². The number of ether oxygens (including phenoxy) is 2. The smallest absolute Gasteiger partial charge is 0.171 e. The predicted molar refractivity (Wildman–Crippen MR) is 93.4 cm³/mol. The summed E-state index contributed by atoms with van der Waals surface area (Å²) in [6.07, 6.45) is 8.47. The first-order chi connectivity index (χ1) is 11.4. The van der Waals surface area contributed by atoms with E-state index in [0.29, 0.717) is 23.5 Å². The summed E-state index contributed by atoms with van der Waals surface area (Å²) in [4.78, 5) is 12.6. The van der Waals surface area contributed by atoms with Crippen LogP contribution in [0.3, 0.4) is 0 Å². The van der Waals surface area contributed by atoms with Gasteiger partial charge in [-0.15, -0.1) is 0 Å². The Bertz CT molecular complexity index is 613. The molecule has 0 aliphatic heterocycles. The molecule has 0 radical (unpaired) electrons. The maximum Gasteiger partial charge on any atom is 0.171 e. The van der Waals surface area contributed by atoms with E-state index >= 15 is 0 Å². The van der Waals surface area contributed by atoms with Crippen LogP contribution in [-0.2, 0) is 14.3 Å². The molecule has 4 rings (SSSR count). The van der Waals surface area contributed by atoms with E-state index in [9.17, 15) is 4.79 Å². The Morgan fingerprint density at radius 2 is 1.88 bits per heavy atom. The molecule has 2 saturated carbocycles. The van der Waals surface area contributed by atoms with E-state index in [-0.39, 0.29) is 5.41 Å². The zero-order valence-electron chi connectivity index (χ0n) is 15.3. The lowest BCUT2D eigenvalue weighted by atomic mass is 9.54. The highest BCUT2D eigenvalue weighted by atomic mass is 16.7. The van der Waals surface area contributed by atoms with Crippen LogP contribution in [0.25, 0.3) is 0 Å². The number of ketones is 1. The first-order valence-electron chi connectivity index (χ1n) is 9.48. The van der Waals surface area contributed by atoms with Crippen molar-refractivity contribution in [3.8, 4) is 0 Å². The topological polar surface area (TPSA) is 35.5 Å². The first-order valence-corrected chi connectivity index (χ1v) is 9.48. The van der Waals surface area contributed by atoms with Crippen LogP contribution >= 0.6 is 0 Å². The number of Topliss-reactive ketones (excluding diaryl/α,β-unsaturated/α-hetero) is 1. The van der Waals surface area contributed by atoms with Crippen molar-refractivity contribution in [2.24, 2.45) is 23.2 Å². The van der Waals surface area contributed by atoms with Gasteiger partial charge in [0.2, 0.25) is 0 Å². The Morgan fingerprint density at radius 1 is 1.12 bits per heavy atom. The molecule has 0 N–H and O–H groups in total. The number of carbonyl (C=O) groups is 1. The standard InChI is InChI=1S/C21H30O3/c1-13-11-18-17-6-5-14-12-21(23-3,24-4)10-8-15(14)16(17)7-9-20(18,2)19(13)22/h16-18H,1,5-12H2,2-4H3/t16?,17?,18?,20-/m0/s1. The highest BCUT2D eigenvalue weighted by Gasteiger charge is 2.56. The van der Waals surface area contributed by atoms with E-state index in [1.807, 2.05) is 0 Å². The second-order valence-electron chi connectivity index (χ2n) is 8.63. The molecular formula is C21H30O3. The molecule has 4 atom stereocenters. The fourth-order valence-electron chi connectivity index (χ4n) is 6.36. The fourth-order valence-corrected chi connectivity index (χ4v) is 6.36. The maximum atomic E-state index is 12.6. The lowest BCUT2D eigenvalue weighted by Crippen LogP contribution is -2.46. The number of carbonyl (C=O) groups excluding carboxylic acids is 1. The van der Waals surface area contributed by atoms with Crippen LogP contribution in [0.5, 0.6) is 0 Å². The Kier molecular flexibility index (Phi) is 3.81. The average Bonchev–Trinajstić information content (AvgIpc) is 2.84. The summed E-state index contributed by atoms with van der Waals surface area (Å²) in [5, 5.41) is 0. The van der Waals surface area contributed by atoms with Gasteiger partial charge in [-0.25, -0.2) is 0 Å². The largest absolute Gasteiger partial charge is 0.353 e. The van der Waals surface area contributed by atoms with Gasteiger partial charge < -0.3 is 9.47 Å². The normalized spacial score (nSPS) is 41.0. The minimum Gasteiger partial charge on any atom is -0.353 e. The third-order valence-electron chi connectivity index (χ3n) is 7.82. The van der Waals surface area contributed by atoms with Gasteiger partial charge in [-0.2, -0.15) is 0 Å². The molecule has 0 heterocycles. The van der Waals surface area contributed by atoms with Crippen LogP contribution in [0, 0.1) is 23.2 Å². The second kappa shape index (κ2) is 5.54. The van der Waals surface area contributed by atoms with Gasteiger partial charge in [-0.05, 0) is 61.9 Å². The Hall–Kier alpha value is -0.930. The zero-order valence-corrected chi connectivity index (χ0v) is 15.3. The van der Waals surface area contributed by atoms with Crippen LogP contribution in [0.1, 0.15) is 58.3 Å². The summed E-state index contributed by atoms with van der Waals surface area (Å²) < 4.78 is 11.4. The summed E-state index contributed by atoms with van der Waals surface area (Å²) in [7, 11) is 3.53. The maximum absolute atomic E-state index is 12.6. The van der Waals surface area contributed by atoms with E-state index in [4.69, 9.17) is 9.47 Å². The molecule has 0 aromatic carbocycles. The molecule has 0 aromatic heterocycles. The van der Waals surface area contributed by atoms with Crippen LogP contribution in [-0.4, -0.2) is 25.8 Å². The van der Waals surface area contributed by atoms with Crippen LogP contribution in [0.2, 0.25) is 0 Å². The average molecular weight is 330 g/mol.